The highest BCUT2D eigenvalue weighted by Gasteiger charge is 2.23. The van der Waals surface area contributed by atoms with Gasteiger partial charge in [0.2, 0.25) is 0 Å². The molecule has 0 bridgehead atoms. The fourth-order valence-electron chi connectivity index (χ4n) is 2.20. The minimum atomic E-state index is 0.271. The summed E-state index contributed by atoms with van der Waals surface area (Å²) in [4.78, 5) is 0. The summed E-state index contributed by atoms with van der Waals surface area (Å²) in [7, 11) is 0. The molecule has 0 fully saturated rings. The molecule has 1 aromatic carbocycles. The predicted octanol–water partition coefficient (Wildman–Crippen LogP) is 3.00. The Bertz CT molecular complexity index is 365. The van der Waals surface area contributed by atoms with Crippen LogP contribution in [-0.4, -0.2) is 18.3 Å². The molecule has 0 saturated carbocycles. The SMILES string of the molecule is CCCCCCNC1COc2cc(O)ccc21. The van der Waals surface area contributed by atoms with Crippen LogP contribution in [0.5, 0.6) is 11.5 Å². The molecule has 17 heavy (non-hydrogen) atoms. The fourth-order valence-corrected chi connectivity index (χ4v) is 2.20. The maximum absolute atomic E-state index is 9.36. The Balaban J connectivity index is 1.81. The number of phenols is 1. The predicted molar refractivity (Wildman–Crippen MR) is 68.5 cm³/mol. The first-order chi connectivity index (χ1) is 8.31. The summed E-state index contributed by atoms with van der Waals surface area (Å²) < 4.78 is 5.55. The van der Waals surface area contributed by atoms with Gasteiger partial charge in [-0.25, -0.2) is 0 Å². The minimum Gasteiger partial charge on any atom is -0.508 e. The molecule has 1 aromatic rings. The normalized spacial score (nSPS) is 17.8. The van der Waals surface area contributed by atoms with E-state index < -0.39 is 0 Å². The van der Waals surface area contributed by atoms with Crippen LogP contribution in [0.2, 0.25) is 0 Å². The van der Waals surface area contributed by atoms with Crippen LogP contribution in [0.25, 0.3) is 0 Å². The summed E-state index contributed by atoms with van der Waals surface area (Å²) in [6.07, 6.45) is 5.10. The summed E-state index contributed by atoms with van der Waals surface area (Å²) >= 11 is 0. The number of rotatable bonds is 6. The van der Waals surface area contributed by atoms with Gasteiger partial charge in [-0.05, 0) is 25.1 Å². The average molecular weight is 235 g/mol. The standard InChI is InChI=1S/C14H21NO2/c1-2-3-4-5-8-15-13-10-17-14-9-11(16)6-7-12(13)14/h6-7,9,13,15-16H,2-5,8,10H2,1H3. The van der Waals surface area contributed by atoms with E-state index in [4.69, 9.17) is 4.74 Å². The van der Waals surface area contributed by atoms with Gasteiger partial charge in [0, 0.05) is 11.6 Å². The first kappa shape index (κ1) is 12.2. The van der Waals surface area contributed by atoms with Crippen molar-refractivity contribution in [2.45, 2.75) is 38.6 Å². The third-order valence-corrected chi connectivity index (χ3v) is 3.20. The van der Waals surface area contributed by atoms with Crippen LogP contribution in [-0.2, 0) is 0 Å². The Labute approximate surface area is 103 Å². The summed E-state index contributed by atoms with van der Waals surface area (Å²) in [5, 5.41) is 12.9. The van der Waals surface area contributed by atoms with E-state index in [1.807, 2.05) is 6.07 Å². The summed E-state index contributed by atoms with van der Waals surface area (Å²) in [6, 6.07) is 5.64. The van der Waals surface area contributed by atoms with Gasteiger partial charge in [-0.3, -0.25) is 0 Å². The van der Waals surface area contributed by atoms with Crippen LogP contribution >= 0.6 is 0 Å². The van der Waals surface area contributed by atoms with E-state index in [-0.39, 0.29) is 11.8 Å². The molecule has 1 aliphatic rings. The number of phenolic OH excluding ortho intramolecular Hbond substituents is 1. The van der Waals surface area contributed by atoms with Gasteiger partial charge in [0.05, 0.1) is 6.04 Å². The third kappa shape index (κ3) is 3.13. The maximum atomic E-state index is 9.36. The minimum absolute atomic E-state index is 0.271. The average Bonchev–Trinajstić information content (AvgIpc) is 2.71. The van der Waals surface area contributed by atoms with E-state index in [1.54, 1.807) is 12.1 Å². The van der Waals surface area contributed by atoms with Gasteiger partial charge >= 0.3 is 0 Å². The molecule has 1 aliphatic heterocycles. The summed E-state index contributed by atoms with van der Waals surface area (Å²) in [5.74, 6) is 1.09. The second kappa shape index (κ2) is 5.92. The molecule has 0 aliphatic carbocycles. The van der Waals surface area contributed by atoms with Gasteiger partial charge in [-0.1, -0.05) is 26.2 Å². The van der Waals surface area contributed by atoms with E-state index >= 15 is 0 Å². The molecule has 94 valence electrons. The Morgan fingerprint density at radius 2 is 2.24 bits per heavy atom. The number of benzene rings is 1. The number of nitrogens with one attached hydrogen (secondary N) is 1. The van der Waals surface area contributed by atoms with E-state index in [2.05, 4.69) is 12.2 Å². The number of hydrogen-bond donors (Lipinski definition) is 2. The van der Waals surface area contributed by atoms with Gasteiger partial charge in [0.1, 0.15) is 18.1 Å². The highest BCUT2D eigenvalue weighted by molar-refractivity contribution is 5.44. The van der Waals surface area contributed by atoms with Gasteiger partial charge in [0.15, 0.2) is 0 Å². The van der Waals surface area contributed by atoms with E-state index in [0.29, 0.717) is 6.61 Å². The monoisotopic (exact) mass is 235 g/mol. The molecular weight excluding hydrogens is 214 g/mol. The van der Waals surface area contributed by atoms with E-state index in [9.17, 15) is 5.11 Å². The molecule has 0 amide bonds. The van der Waals surface area contributed by atoms with Gasteiger partial charge in [-0.15, -0.1) is 0 Å². The molecule has 0 spiro atoms. The van der Waals surface area contributed by atoms with Crippen molar-refractivity contribution in [2.24, 2.45) is 0 Å². The van der Waals surface area contributed by atoms with Crippen LogP contribution in [0.1, 0.15) is 44.2 Å². The lowest BCUT2D eigenvalue weighted by Crippen LogP contribution is -2.23. The summed E-state index contributed by atoms with van der Waals surface area (Å²) in [6.45, 7) is 3.93. The lowest BCUT2D eigenvalue weighted by atomic mass is 10.1. The molecule has 3 nitrogen and oxygen atoms in total. The van der Waals surface area contributed by atoms with Crippen LogP contribution < -0.4 is 10.1 Å². The van der Waals surface area contributed by atoms with E-state index in [0.717, 1.165) is 12.3 Å². The number of fused-ring (bicyclic) bond motifs is 1. The lowest BCUT2D eigenvalue weighted by Gasteiger charge is -2.11. The first-order valence-electron chi connectivity index (χ1n) is 6.50. The van der Waals surface area contributed by atoms with Gasteiger partial charge in [0.25, 0.3) is 0 Å². The second-order valence-electron chi connectivity index (χ2n) is 4.60. The molecule has 2 rings (SSSR count). The van der Waals surface area contributed by atoms with Gasteiger partial charge < -0.3 is 15.2 Å². The Kier molecular flexibility index (Phi) is 4.26. The Morgan fingerprint density at radius 1 is 1.35 bits per heavy atom. The maximum Gasteiger partial charge on any atom is 0.127 e. The molecule has 3 heteroatoms. The zero-order valence-electron chi connectivity index (χ0n) is 10.4. The van der Waals surface area contributed by atoms with Crippen LogP contribution in [0.15, 0.2) is 18.2 Å². The molecule has 0 aromatic heterocycles. The van der Waals surface area contributed by atoms with Gasteiger partial charge in [-0.2, -0.15) is 0 Å². The fraction of sp³-hybridized carbons (Fsp3) is 0.571. The van der Waals surface area contributed by atoms with Crippen molar-refractivity contribution in [1.82, 2.24) is 5.32 Å². The largest absolute Gasteiger partial charge is 0.508 e. The zero-order valence-corrected chi connectivity index (χ0v) is 10.4. The highest BCUT2D eigenvalue weighted by Crippen LogP contribution is 2.34. The molecule has 1 unspecified atom stereocenters. The smallest absolute Gasteiger partial charge is 0.127 e. The van der Waals surface area contributed by atoms with Crippen molar-refractivity contribution in [3.8, 4) is 11.5 Å². The number of unbranched alkanes of at least 4 members (excludes halogenated alkanes) is 3. The lowest BCUT2D eigenvalue weighted by molar-refractivity contribution is 0.309. The number of ether oxygens (including phenoxy) is 1. The first-order valence-corrected chi connectivity index (χ1v) is 6.50. The van der Waals surface area contributed by atoms with Crippen LogP contribution in [0, 0.1) is 0 Å². The zero-order chi connectivity index (χ0) is 12.1. The topological polar surface area (TPSA) is 41.5 Å². The molecular formula is C14H21NO2. The van der Waals surface area contributed by atoms with Crippen molar-refractivity contribution in [1.29, 1.82) is 0 Å². The molecule has 1 heterocycles. The van der Waals surface area contributed by atoms with Crippen LogP contribution in [0.4, 0.5) is 0 Å². The molecule has 1 atom stereocenters. The third-order valence-electron chi connectivity index (χ3n) is 3.20. The molecule has 0 radical (unpaired) electrons. The second-order valence-corrected chi connectivity index (χ2v) is 4.60. The number of hydrogen-bond acceptors (Lipinski definition) is 3. The van der Waals surface area contributed by atoms with Crippen molar-refractivity contribution in [2.75, 3.05) is 13.2 Å². The van der Waals surface area contributed by atoms with Crippen LogP contribution in [0.3, 0.4) is 0 Å². The van der Waals surface area contributed by atoms with Crippen molar-refractivity contribution in [3.05, 3.63) is 23.8 Å². The summed E-state index contributed by atoms with van der Waals surface area (Å²) in [5.41, 5.74) is 1.17. The van der Waals surface area contributed by atoms with Crippen molar-refractivity contribution >= 4 is 0 Å². The number of aromatic hydroxyl groups is 1. The van der Waals surface area contributed by atoms with Crippen molar-refractivity contribution in [3.63, 3.8) is 0 Å². The Morgan fingerprint density at radius 3 is 3.06 bits per heavy atom. The molecule has 0 saturated heterocycles. The van der Waals surface area contributed by atoms with E-state index in [1.165, 1.54) is 31.2 Å². The Hall–Kier alpha value is -1.22. The quantitative estimate of drug-likeness (QED) is 0.745. The van der Waals surface area contributed by atoms with Crippen molar-refractivity contribution < 1.29 is 9.84 Å². The molecule has 2 N–H and O–H groups in total. The highest BCUT2D eigenvalue weighted by atomic mass is 16.5.